The summed E-state index contributed by atoms with van der Waals surface area (Å²) in [5, 5.41) is 7.01. The van der Waals surface area contributed by atoms with E-state index in [2.05, 4.69) is 28.9 Å². The summed E-state index contributed by atoms with van der Waals surface area (Å²) >= 11 is 6.04. The third-order valence-electron chi connectivity index (χ3n) is 3.31. The minimum Gasteiger partial charge on any atom is -0.275 e. The summed E-state index contributed by atoms with van der Waals surface area (Å²) in [6.45, 7) is 4.24. The average molecular weight is 287 g/mol. The Morgan fingerprint density at radius 2 is 1.95 bits per heavy atom. The molecule has 0 aliphatic rings. The van der Waals surface area contributed by atoms with E-state index in [4.69, 9.17) is 11.6 Å². The van der Waals surface area contributed by atoms with Crippen LogP contribution in [0.1, 0.15) is 25.5 Å². The van der Waals surface area contributed by atoms with Crippen molar-refractivity contribution >= 4 is 22.4 Å². The van der Waals surface area contributed by atoms with Crippen LogP contribution in [0.15, 0.2) is 30.7 Å². The molecule has 3 aromatic heterocycles. The SMILES string of the molecule is CC(C)c1ncc(-c2ccn(C)n2)c2cnc(Cl)cc12. The van der Waals surface area contributed by atoms with Gasteiger partial charge in [0.25, 0.3) is 0 Å². The average Bonchev–Trinajstić information content (AvgIpc) is 2.83. The molecule has 5 heteroatoms. The van der Waals surface area contributed by atoms with Crippen LogP contribution in [0.4, 0.5) is 0 Å². The lowest BCUT2D eigenvalue weighted by Crippen LogP contribution is -1.97. The fourth-order valence-electron chi connectivity index (χ4n) is 2.35. The molecule has 3 rings (SSSR count). The summed E-state index contributed by atoms with van der Waals surface area (Å²) in [7, 11) is 1.90. The molecular formula is C15H15ClN4. The molecule has 0 amide bonds. The third kappa shape index (κ3) is 2.16. The molecule has 0 aromatic carbocycles. The highest BCUT2D eigenvalue weighted by molar-refractivity contribution is 6.30. The number of nitrogens with zero attached hydrogens (tertiary/aromatic N) is 4. The smallest absolute Gasteiger partial charge is 0.129 e. The van der Waals surface area contributed by atoms with Crippen molar-refractivity contribution in [3.05, 3.63) is 41.6 Å². The van der Waals surface area contributed by atoms with E-state index in [-0.39, 0.29) is 0 Å². The van der Waals surface area contributed by atoms with Crippen LogP contribution in [0.5, 0.6) is 0 Å². The zero-order valence-electron chi connectivity index (χ0n) is 11.6. The zero-order valence-corrected chi connectivity index (χ0v) is 12.4. The van der Waals surface area contributed by atoms with Gasteiger partial charge in [-0.05, 0) is 18.1 Å². The van der Waals surface area contributed by atoms with Crippen LogP contribution in [-0.4, -0.2) is 19.7 Å². The van der Waals surface area contributed by atoms with Crippen molar-refractivity contribution in [2.45, 2.75) is 19.8 Å². The molecule has 0 saturated carbocycles. The minimum atomic E-state index is 0.328. The number of hydrogen-bond acceptors (Lipinski definition) is 3. The van der Waals surface area contributed by atoms with Crippen LogP contribution < -0.4 is 0 Å². The molecule has 0 fully saturated rings. The van der Waals surface area contributed by atoms with E-state index < -0.39 is 0 Å². The first-order chi connectivity index (χ1) is 9.56. The van der Waals surface area contributed by atoms with Gasteiger partial charge >= 0.3 is 0 Å². The summed E-state index contributed by atoms with van der Waals surface area (Å²) < 4.78 is 1.78. The van der Waals surface area contributed by atoms with E-state index >= 15 is 0 Å². The number of fused-ring (bicyclic) bond motifs is 1. The fraction of sp³-hybridized carbons (Fsp3) is 0.267. The first-order valence-corrected chi connectivity index (χ1v) is 6.88. The van der Waals surface area contributed by atoms with Crippen molar-refractivity contribution in [3.8, 4) is 11.3 Å². The quantitative estimate of drug-likeness (QED) is 0.673. The van der Waals surface area contributed by atoms with Crippen LogP contribution in [0.25, 0.3) is 22.0 Å². The van der Waals surface area contributed by atoms with Gasteiger partial charge in [0.15, 0.2) is 0 Å². The van der Waals surface area contributed by atoms with E-state index in [0.717, 1.165) is 27.7 Å². The van der Waals surface area contributed by atoms with Crippen molar-refractivity contribution < 1.29 is 0 Å². The molecule has 20 heavy (non-hydrogen) atoms. The lowest BCUT2D eigenvalue weighted by molar-refractivity contribution is 0.770. The number of rotatable bonds is 2. The Bertz CT molecular complexity index is 777. The molecule has 0 bridgehead atoms. The first-order valence-electron chi connectivity index (χ1n) is 6.50. The second-order valence-electron chi connectivity index (χ2n) is 5.14. The predicted molar refractivity (Wildman–Crippen MR) is 80.8 cm³/mol. The minimum absolute atomic E-state index is 0.328. The van der Waals surface area contributed by atoms with Crippen molar-refractivity contribution in [2.75, 3.05) is 0 Å². The number of pyridine rings is 2. The molecule has 4 nitrogen and oxygen atoms in total. The topological polar surface area (TPSA) is 43.6 Å². The molecule has 0 N–H and O–H groups in total. The van der Waals surface area contributed by atoms with Gasteiger partial charge in [-0.15, -0.1) is 0 Å². The van der Waals surface area contributed by atoms with Crippen LogP contribution in [-0.2, 0) is 7.05 Å². The second kappa shape index (κ2) is 4.87. The Morgan fingerprint density at radius 3 is 2.60 bits per heavy atom. The third-order valence-corrected chi connectivity index (χ3v) is 3.51. The van der Waals surface area contributed by atoms with E-state index in [1.165, 1.54) is 0 Å². The summed E-state index contributed by atoms with van der Waals surface area (Å²) in [5.74, 6) is 0.328. The number of hydrogen-bond donors (Lipinski definition) is 0. The van der Waals surface area contributed by atoms with Crippen molar-refractivity contribution in [3.63, 3.8) is 0 Å². The Balaban J connectivity index is 2.33. The highest BCUT2D eigenvalue weighted by atomic mass is 35.5. The van der Waals surface area contributed by atoms with E-state index in [1.807, 2.05) is 31.6 Å². The Hall–Kier alpha value is -1.94. The van der Waals surface area contributed by atoms with E-state index in [9.17, 15) is 0 Å². The highest BCUT2D eigenvalue weighted by Crippen LogP contribution is 2.31. The highest BCUT2D eigenvalue weighted by Gasteiger charge is 2.14. The summed E-state index contributed by atoms with van der Waals surface area (Å²) in [5.41, 5.74) is 2.91. The lowest BCUT2D eigenvalue weighted by Gasteiger charge is -2.11. The molecule has 0 aliphatic carbocycles. The standard InChI is InChI=1S/C15H15ClN4/c1-9(2)15-10-6-14(16)17-7-11(10)12(8-18-15)13-4-5-20(3)19-13/h4-9H,1-3H3. The molecule has 0 aliphatic heterocycles. The second-order valence-corrected chi connectivity index (χ2v) is 5.53. The molecule has 0 atom stereocenters. The van der Waals surface area contributed by atoms with Gasteiger partial charge in [0.2, 0.25) is 0 Å². The lowest BCUT2D eigenvalue weighted by atomic mass is 10.00. The Labute approximate surface area is 122 Å². The summed E-state index contributed by atoms with van der Waals surface area (Å²) in [4.78, 5) is 8.80. The molecule has 3 heterocycles. The normalized spacial score (nSPS) is 11.4. The largest absolute Gasteiger partial charge is 0.275 e. The molecule has 3 aromatic rings. The Kier molecular flexibility index (Phi) is 3.18. The van der Waals surface area contributed by atoms with Crippen LogP contribution in [0.3, 0.4) is 0 Å². The molecule has 0 saturated heterocycles. The number of aryl methyl sites for hydroxylation is 1. The van der Waals surface area contributed by atoms with Crippen LogP contribution in [0.2, 0.25) is 5.15 Å². The maximum absolute atomic E-state index is 6.04. The van der Waals surface area contributed by atoms with E-state index in [0.29, 0.717) is 11.1 Å². The van der Waals surface area contributed by atoms with Gasteiger partial charge in [-0.2, -0.15) is 5.10 Å². The molecule has 102 valence electrons. The van der Waals surface area contributed by atoms with Crippen LogP contribution >= 0.6 is 11.6 Å². The van der Waals surface area contributed by atoms with Gasteiger partial charge in [-0.1, -0.05) is 25.4 Å². The fourth-order valence-corrected chi connectivity index (χ4v) is 2.51. The van der Waals surface area contributed by atoms with E-state index in [1.54, 1.807) is 10.9 Å². The predicted octanol–water partition coefficient (Wildman–Crippen LogP) is 3.81. The van der Waals surface area contributed by atoms with Gasteiger partial charge in [0, 0.05) is 42.0 Å². The number of aromatic nitrogens is 4. The van der Waals surface area contributed by atoms with Gasteiger partial charge in [0.1, 0.15) is 5.15 Å². The van der Waals surface area contributed by atoms with Gasteiger partial charge in [-0.25, -0.2) is 4.98 Å². The van der Waals surface area contributed by atoms with Crippen LogP contribution in [0, 0.1) is 0 Å². The monoisotopic (exact) mass is 286 g/mol. The first kappa shape index (κ1) is 13.1. The summed E-state index contributed by atoms with van der Waals surface area (Å²) in [6.07, 6.45) is 5.59. The Morgan fingerprint density at radius 1 is 1.15 bits per heavy atom. The zero-order chi connectivity index (χ0) is 14.3. The van der Waals surface area contributed by atoms with Crippen molar-refractivity contribution in [1.29, 1.82) is 0 Å². The van der Waals surface area contributed by atoms with Gasteiger partial charge in [-0.3, -0.25) is 9.67 Å². The summed E-state index contributed by atoms with van der Waals surface area (Å²) in [6, 6.07) is 3.85. The maximum Gasteiger partial charge on any atom is 0.129 e. The van der Waals surface area contributed by atoms with Gasteiger partial charge < -0.3 is 0 Å². The maximum atomic E-state index is 6.04. The van der Waals surface area contributed by atoms with Crippen molar-refractivity contribution in [1.82, 2.24) is 19.7 Å². The molecule has 0 spiro atoms. The molecule has 0 radical (unpaired) electrons. The van der Waals surface area contributed by atoms with Crippen molar-refractivity contribution in [2.24, 2.45) is 7.05 Å². The van der Waals surface area contributed by atoms with Gasteiger partial charge in [0.05, 0.1) is 11.4 Å². The molecular weight excluding hydrogens is 272 g/mol. The number of halogens is 1. The molecule has 0 unspecified atom stereocenters.